The SMILES string of the molecule is COc1ccc(C2=NN(C(=O)CSc3nnc(CNC(=O)c4ccco4)n3Cc3ccccc3)C(c3ccc(OC)cc3)C2)cc1. The average Bonchev–Trinajstić information content (AvgIpc) is 3.88. The predicted octanol–water partition coefficient (Wildman–Crippen LogP) is 5.34. The third-order valence-electron chi connectivity index (χ3n) is 7.54. The summed E-state index contributed by atoms with van der Waals surface area (Å²) in [5.74, 6) is 1.80. The van der Waals surface area contributed by atoms with Gasteiger partial charge in [0.1, 0.15) is 11.5 Å². The predicted molar refractivity (Wildman–Crippen MR) is 173 cm³/mol. The van der Waals surface area contributed by atoms with Crippen molar-refractivity contribution in [3.05, 3.63) is 126 Å². The molecule has 1 aliphatic heterocycles. The molecule has 1 atom stereocenters. The molecule has 1 unspecified atom stereocenters. The van der Waals surface area contributed by atoms with E-state index in [1.165, 1.54) is 18.0 Å². The molecule has 3 heterocycles. The van der Waals surface area contributed by atoms with Crippen LogP contribution in [0.4, 0.5) is 0 Å². The van der Waals surface area contributed by atoms with E-state index < -0.39 is 0 Å². The third kappa shape index (κ3) is 6.97. The summed E-state index contributed by atoms with van der Waals surface area (Å²) in [7, 11) is 3.25. The van der Waals surface area contributed by atoms with Crippen molar-refractivity contribution in [3.8, 4) is 11.5 Å². The molecule has 0 radical (unpaired) electrons. The molecule has 0 fully saturated rings. The van der Waals surface area contributed by atoms with Gasteiger partial charge in [0.05, 0.1) is 51.1 Å². The molecule has 3 aromatic carbocycles. The number of benzene rings is 3. The van der Waals surface area contributed by atoms with Gasteiger partial charge < -0.3 is 23.8 Å². The van der Waals surface area contributed by atoms with Gasteiger partial charge in [-0.2, -0.15) is 5.10 Å². The number of hydrazone groups is 1. The number of methoxy groups -OCH3 is 2. The number of rotatable bonds is 12. The number of aromatic nitrogens is 3. The summed E-state index contributed by atoms with van der Waals surface area (Å²) in [6, 6.07) is 28.2. The smallest absolute Gasteiger partial charge is 0.287 e. The van der Waals surface area contributed by atoms with Gasteiger partial charge in [-0.3, -0.25) is 9.59 Å². The van der Waals surface area contributed by atoms with Gasteiger partial charge in [-0.1, -0.05) is 54.2 Å². The zero-order chi connectivity index (χ0) is 31.9. The summed E-state index contributed by atoms with van der Waals surface area (Å²) >= 11 is 1.28. The Labute approximate surface area is 270 Å². The van der Waals surface area contributed by atoms with Gasteiger partial charge in [0.25, 0.3) is 11.8 Å². The maximum atomic E-state index is 13.9. The van der Waals surface area contributed by atoms with Crippen molar-refractivity contribution >= 4 is 29.3 Å². The Kier molecular flexibility index (Phi) is 9.44. The van der Waals surface area contributed by atoms with Crippen molar-refractivity contribution < 1.29 is 23.5 Å². The van der Waals surface area contributed by atoms with Gasteiger partial charge in [0.15, 0.2) is 16.7 Å². The summed E-state index contributed by atoms with van der Waals surface area (Å²) in [5.41, 5.74) is 3.71. The van der Waals surface area contributed by atoms with Crippen LogP contribution in [0.25, 0.3) is 0 Å². The fourth-order valence-electron chi connectivity index (χ4n) is 5.11. The average molecular weight is 637 g/mol. The van der Waals surface area contributed by atoms with Crippen LogP contribution in [-0.2, 0) is 17.9 Å². The Hall–Kier alpha value is -5.36. The Balaban J connectivity index is 1.22. The molecule has 0 aliphatic carbocycles. The highest BCUT2D eigenvalue weighted by Gasteiger charge is 2.33. The summed E-state index contributed by atoms with van der Waals surface area (Å²) in [5, 5.41) is 18.5. The number of furan rings is 1. The van der Waals surface area contributed by atoms with Crippen molar-refractivity contribution in [1.29, 1.82) is 0 Å². The van der Waals surface area contributed by atoms with Crippen LogP contribution in [0.3, 0.4) is 0 Å². The van der Waals surface area contributed by atoms with E-state index >= 15 is 0 Å². The van der Waals surface area contributed by atoms with Crippen LogP contribution in [-0.4, -0.2) is 57.3 Å². The van der Waals surface area contributed by atoms with E-state index in [0.717, 1.165) is 33.9 Å². The first kappa shape index (κ1) is 30.7. The van der Waals surface area contributed by atoms with Gasteiger partial charge in [0, 0.05) is 6.42 Å². The first-order valence-corrected chi connectivity index (χ1v) is 15.6. The molecular formula is C34H32N6O5S. The highest BCUT2D eigenvalue weighted by Crippen LogP contribution is 2.35. The number of ether oxygens (including phenoxy) is 2. The zero-order valence-electron chi connectivity index (χ0n) is 25.3. The van der Waals surface area contributed by atoms with E-state index in [9.17, 15) is 9.59 Å². The minimum Gasteiger partial charge on any atom is -0.497 e. The van der Waals surface area contributed by atoms with E-state index in [2.05, 4.69) is 15.5 Å². The number of nitrogens with zero attached hydrogens (tertiary/aromatic N) is 5. The van der Waals surface area contributed by atoms with Gasteiger partial charge >= 0.3 is 0 Å². The second-order valence-corrected chi connectivity index (χ2v) is 11.4. The molecule has 11 nitrogen and oxygen atoms in total. The van der Waals surface area contributed by atoms with Crippen molar-refractivity contribution in [2.24, 2.45) is 5.10 Å². The van der Waals surface area contributed by atoms with Gasteiger partial charge in [0.2, 0.25) is 0 Å². The van der Waals surface area contributed by atoms with E-state index in [-0.39, 0.29) is 35.9 Å². The van der Waals surface area contributed by atoms with Crippen molar-refractivity contribution in [2.75, 3.05) is 20.0 Å². The molecular weight excluding hydrogens is 604 g/mol. The molecule has 2 aromatic heterocycles. The van der Waals surface area contributed by atoms with Crippen molar-refractivity contribution in [3.63, 3.8) is 0 Å². The minimum atomic E-state index is -0.354. The van der Waals surface area contributed by atoms with Crippen LogP contribution in [0.1, 0.15) is 45.5 Å². The van der Waals surface area contributed by atoms with Crippen LogP contribution in [0.2, 0.25) is 0 Å². The van der Waals surface area contributed by atoms with E-state index in [4.69, 9.17) is 19.0 Å². The molecule has 0 saturated carbocycles. The second kappa shape index (κ2) is 14.2. The minimum absolute atomic E-state index is 0.0811. The van der Waals surface area contributed by atoms with E-state index in [1.807, 2.05) is 83.4 Å². The Morgan fingerprint density at radius 1 is 0.913 bits per heavy atom. The molecule has 0 saturated heterocycles. The third-order valence-corrected chi connectivity index (χ3v) is 8.49. The fourth-order valence-corrected chi connectivity index (χ4v) is 5.92. The van der Waals surface area contributed by atoms with Gasteiger partial charge in [-0.15, -0.1) is 10.2 Å². The van der Waals surface area contributed by atoms with Crippen LogP contribution in [0.15, 0.2) is 112 Å². The van der Waals surface area contributed by atoms with Gasteiger partial charge in [-0.05, 0) is 65.2 Å². The molecule has 6 rings (SSSR count). The number of hydrogen-bond acceptors (Lipinski definition) is 9. The Morgan fingerprint density at radius 2 is 1.63 bits per heavy atom. The Morgan fingerprint density at radius 3 is 2.30 bits per heavy atom. The molecule has 12 heteroatoms. The van der Waals surface area contributed by atoms with Crippen LogP contribution >= 0.6 is 11.8 Å². The quantitative estimate of drug-likeness (QED) is 0.182. The number of carbonyl (C=O) groups excluding carboxylic acids is 2. The largest absolute Gasteiger partial charge is 0.497 e. The van der Waals surface area contributed by atoms with Crippen molar-refractivity contribution in [1.82, 2.24) is 25.1 Å². The number of amides is 2. The first-order chi connectivity index (χ1) is 22.5. The Bertz CT molecular complexity index is 1810. The van der Waals surface area contributed by atoms with Crippen LogP contribution in [0.5, 0.6) is 11.5 Å². The van der Waals surface area contributed by atoms with E-state index in [0.29, 0.717) is 23.9 Å². The summed E-state index contributed by atoms with van der Waals surface area (Å²) < 4.78 is 17.8. The monoisotopic (exact) mass is 636 g/mol. The maximum absolute atomic E-state index is 13.9. The molecule has 1 aliphatic rings. The lowest BCUT2D eigenvalue weighted by atomic mass is 9.98. The maximum Gasteiger partial charge on any atom is 0.287 e. The normalized spacial score (nSPS) is 14.2. The lowest BCUT2D eigenvalue weighted by Crippen LogP contribution is -2.28. The molecule has 1 N–H and O–H groups in total. The molecule has 46 heavy (non-hydrogen) atoms. The van der Waals surface area contributed by atoms with Crippen molar-refractivity contribution in [2.45, 2.75) is 30.7 Å². The molecule has 0 bridgehead atoms. The lowest BCUT2D eigenvalue weighted by molar-refractivity contribution is -0.130. The topological polar surface area (TPSA) is 124 Å². The molecule has 5 aromatic rings. The summed E-state index contributed by atoms with van der Waals surface area (Å²) in [4.78, 5) is 26.4. The summed E-state index contributed by atoms with van der Waals surface area (Å²) in [6.45, 7) is 0.601. The van der Waals surface area contributed by atoms with Crippen LogP contribution in [0, 0.1) is 0 Å². The number of thioether (sulfide) groups is 1. The highest BCUT2D eigenvalue weighted by atomic mass is 32.2. The van der Waals surface area contributed by atoms with Gasteiger partial charge in [-0.25, -0.2) is 5.01 Å². The zero-order valence-corrected chi connectivity index (χ0v) is 26.1. The standard InChI is InChI=1S/C34H32N6O5S/c1-43-26-14-10-24(11-15-26)28-19-29(25-12-16-27(44-2)17-13-25)40(38-28)32(41)22-46-34-37-36-31(20-35-33(42)30-9-6-18-45-30)39(34)21-23-7-4-3-5-8-23/h3-18,29H,19-22H2,1-2H3,(H,35,42). The fraction of sp³-hybridized carbons (Fsp3) is 0.206. The molecule has 2 amide bonds. The molecule has 0 spiro atoms. The number of hydrogen-bond donors (Lipinski definition) is 1. The first-order valence-electron chi connectivity index (χ1n) is 14.6. The number of nitrogens with one attached hydrogen (secondary N) is 1. The highest BCUT2D eigenvalue weighted by molar-refractivity contribution is 7.99. The number of carbonyl (C=O) groups is 2. The molecule has 234 valence electrons. The van der Waals surface area contributed by atoms with Crippen LogP contribution < -0.4 is 14.8 Å². The second-order valence-electron chi connectivity index (χ2n) is 10.4. The lowest BCUT2D eigenvalue weighted by Gasteiger charge is -2.22. The van der Waals surface area contributed by atoms with E-state index in [1.54, 1.807) is 31.4 Å². The summed E-state index contributed by atoms with van der Waals surface area (Å²) in [6.07, 6.45) is 2.00.